The van der Waals surface area contributed by atoms with Gasteiger partial charge in [0.05, 0.1) is 5.41 Å². The smallest absolute Gasteiger partial charge is 0.311 e. The molecular formula is C17H22N2O4. The molecule has 0 spiro atoms. The molecule has 1 aliphatic heterocycles. The number of hydrogen-bond donors (Lipinski definition) is 2. The largest absolute Gasteiger partial charge is 0.481 e. The number of carboxylic acid groups (broad SMARTS) is 1. The van der Waals surface area contributed by atoms with Gasteiger partial charge in [0.25, 0.3) is 5.91 Å². The van der Waals surface area contributed by atoms with E-state index in [2.05, 4.69) is 5.32 Å². The first-order valence-electron chi connectivity index (χ1n) is 7.66. The van der Waals surface area contributed by atoms with Crippen molar-refractivity contribution in [3.05, 3.63) is 29.8 Å². The number of nitrogens with one attached hydrogen (secondary N) is 1. The number of amides is 2. The standard InChI is InChI=1S/C17H22N2O4/c1-11(2)17(16(22)23)8-9-19(10-17)15(21)13-4-6-14(7-5-13)18-12(3)20/h4-7,11H,8-10H2,1-3H3,(H,18,20)(H,22,23). The molecule has 1 aromatic rings. The first-order valence-corrected chi connectivity index (χ1v) is 7.66. The van der Waals surface area contributed by atoms with Crippen molar-refractivity contribution in [3.63, 3.8) is 0 Å². The van der Waals surface area contributed by atoms with Gasteiger partial charge in [-0.05, 0) is 36.6 Å². The molecular weight excluding hydrogens is 296 g/mol. The van der Waals surface area contributed by atoms with E-state index in [-0.39, 0.29) is 24.3 Å². The van der Waals surface area contributed by atoms with Crippen molar-refractivity contribution in [3.8, 4) is 0 Å². The lowest BCUT2D eigenvalue weighted by Crippen LogP contribution is -2.40. The number of nitrogens with zero attached hydrogens (tertiary/aromatic N) is 1. The van der Waals surface area contributed by atoms with Gasteiger partial charge in [0.1, 0.15) is 0 Å². The van der Waals surface area contributed by atoms with E-state index in [0.717, 1.165) is 0 Å². The van der Waals surface area contributed by atoms with E-state index in [1.807, 2.05) is 13.8 Å². The van der Waals surface area contributed by atoms with E-state index in [1.54, 1.807) is 29.2 Å². The van der Waals surface area contributed by atoms with Crippen LogP contribution in [-0.2, 0) is 9.59 Å². The number of likely N-dealkylation sites (tertiary alicyclic amines) is 1. The highest BCUT2D eigenvalue weighted by atomic mass is 16.4. The van der Waals surface area contributed by atoms with Gasteiger partial charge in [-0.1, -0.05) is 13.8 Å². The topological polar surface area (TPSA) is 86.7 Å². The fourth-order valence-corrected chi connectivity index (χ4v) is 2.98. The lowest BCUT2D eigenvalue weighted by Gasteiger charge is -2.28. The fourth-order valence-electron chi connectivity index (χ4n) is 2.98. The molecule has 1 saturated heterocycles. The summed E-state index contributed by atoms with van der Waals surface area (Å²) in [6.45, 7) is 5.85. The highest BCUT2D eigenvalue weighted by Gasteiger charge is 2.48. The van der Waals surface area contributed by atoms with Gasteiger partial charge in [0.15, 0.2) is 0 Å². The van der Waals surface area contributed by atoms with Gasteiger partial charge >= 0.3 is 5.97 Å². The average Bonchev–Trinajstić information content (AvgIpc) is 2.93. The van der Waals surface area contributed by atoms with Crippen molar-refractivity contribution in [2.24, 2.45) is 11.3 Å². The summed E-state index contributed by atoms with van der Waals surface area (Å²) in [4.78, 5) is 36.8. The van der Waals surface area contributed by atoms with Crippen molar-refractivity contribution in [2.45, 2.75) is 27.2 Å². The van der Waals surface area contributed by atoms with E-state index in [4.69, 9.17) is 0 Å². The van der Waals surface area contributed by atoms with Crippen molar-refractivity contribution < 1.29 is 19.5 Å². The normalized spacial score (nSPS) is 20.6. The molecule has 1 heterocycles. The quantitative estimate of drug-likeness (QED) is 0.891. The number of carboxylic acids is 1. The van der Waals surface area contributed by atoms with Crippen LogP contribution in [0.15, 0.2) is 24.3 Å². The van der Waals surface area contributed by atoms with Crippen LogP contribution in [0.4, 0.5) is 5.69 Å². The number of anilines is 1. The zero-order valence-electron chi connectivity index (χ0n) is 13.6. The van der Waals surface area contributed by atoms with Gasteiger partial charge in [0, 0.05) is 31.3 Å². The van der Waals surface area contributed by atoms with Crippen LogP contribution in [-0.4, -0.2) is 40.9 Å². The summed E-state index contributed by atoms with van der Waals surface area (Å²) in [5.41, 5.74) is 0.243. The molecule has 0 saturated carbocycles. The van der Waals surface area contributed by atoms with E-state index >= 15 is 0 Å². The first kappa shape index (κ1) is 17.0. The maximum absolute atomic E-state index is 12.6. The lowest BCUT2D eigenvalue weighted by atomic mass is 9.76. The summed E-state index contributed by atoms with van der Waals surface area (Å²) in [6.07, 6.45) is 0.468. The molecule has 1 aliphatic rings. The monoisotopic (exact) mass is 318 g/mol. The molecule has 0 aliphatic carbocycles. The van der Waals surface area contributed by atoms with E-state index in [1.165, 1.54) is 6.92 Å². The Bertz CT molecular complexity index is 624. The van der Waals surface area contributed by atoms with Crippen LogP contribution < -0.4 is 5.32 Å². The molecule has 124 valence electrons. The molecule has 1 aromatic carbocycles. The molecule has 0 bridgehead atoms. The number of benzene rings is 1. The van der Waals surface area contributed by atoms with Crippen LogP contribution in [0.5, 0.6) is 0 Å². The van der Waals surface area contributed by atoms with Gasteiger partial charge in [-0.25, -0.2) is 0 Å². The van der Waals surface area contributed by atoms with Crippen LogP contribution >= 0.6 is 0 Å². The second kappa shape index (κ2) is 6.40. The molecule has 1 fully saturated rings. The predicted molar refractivity (Wildman–Crippen MR) is 86.2 cm³/mol. The predicted octanol–water partition coefficient (Wildman–Crippen LogP) is 2.22. The Kier molecular flexibility index (Phi) is 4.73. The summed E-state index contributed by atoms with van der Waals surface area (Å²) >= 11 is 0. The maximum atomic E-state index is 12.6. The molecule has 2 N–H and O–H groups in total. The van der Waals surface area contributed by atoms with Gasteiger partial charge in [0.2, 0.25) is 5.91 Å². The Labute approximate surface area is 135 Å². The first-order chi connectivity index (χ1) is 10.8. The van der Waals surface area contributed by atoms with Crippen LogP contribution in [0.1, 0.15) is 37.6 Å². The molecule has 2 amide bonds. The SMILES string of the molecule is CC(=O)Nc1ccc(C(=O)N2CCC(C(=O)O)(C(C)C)C2)cc1. The summed E-state index contributed by atoms with van der Waals surface area (Å²) in [5.74, 6) is -1.24. The minimum Gasteiger partial charge on any atom is -0.481 e. The van der Waals surface area contributed by atoms with Gasteiger partial charge < -0.3 is 15.3 Å². The van der Waals surface area contributed by atoms with Crippen LogP contribution in [0.3, 0.4) is 0 Å². The van der Waals surface area contributed by atoms with E-state index < -0.39 is 11.4 Å². The number of carbonyl (C=O) groups is 3. The zero-order valence-corrected chi connectivity index (χ0v) is 13.6. The Morgan fingerprint density at radius 2 is 1.83 bits per heavy atom. The third kappa shape index (κ3) is 3.36. The molecule has 23 heavy (non-hydrogen) atoms. The second-order valence-electron chi connectivity index (χ2n) is 6.35. The summed E-state index contributed by atoms with van der Waals surface area (Å²) < 4.78 is 0. The van der Waals surface area contributed by atoms with Crippen LogP contribution in [0, 0.1) is 11.3 Å². The Hall–Kier alpha value is -2.37. The molecule has 6 heteroatoms. The van der Waals surface area contributed by atoms with E-state index in [0.29, 0.717) is 24.2 Å². The van der Waals surface area contributed by atoms with Crippen molar-refractivity contribution >= 4 is 23.5 Å². The van der Waals surface area contributed by atoms with Crippen LogP contribution in [0.25, 0.3) is 0 Å². The Morgan fingerprint density at radius 1 is 1.22 bits per heavy atom. The molecule has 2 rings (SSSR count). The Balaban J connectivity index is 2.13. The van der Waals surface area contributed by atoms with Crippen molar-refractivity contribution in [2.75, 3.05) is 18.4 Å². The van der Waals surface area contributed by atoms with Gasteiger partial charge in [-0.15, -0.1) is 0 Å². The fraction of sp³-hybridized carbons (Fsp3) is 0.471. The third-order valence-corrected chi connectivity index (χ3v) is 4.57. The minimum atomic E-state index is -0.869. The molecule has 6 nitrogen and oxygen atoms in total. The highest BCUT2D eigenvalue weighted by Crippen LogP contribution is 2.38. The van der Waals surface area contributed by atoms with Crippen molar-refractivity contribution in [1.82, 2.24) is 4.90 Å². The molecule has 0 aromatic heterocycles. The maximum Gasteiger partial charge on any atom is 0.311 e. The van der Waals surface area contributed by atoms with Crippen LogP contribution in [0.2, 0.25) is 0 Å². The zero-order chi connectivity index (χ0) is 17.2. The molecule has 1 unspecified atom stereocenters. The number of carbonyl (C=O) groups excluding carboxylic acids is 2. The van der Waals surface area contributed by atoms with Gasteiger partial charge in [-0.2, -0.15) is 0 Å². The lowest BCUT2D eigenvalue weighted by molar-refractivity contribution is -0.150. The summed E-state index contributed by atoms with van der Waals surface area (Å²) in [6, 6.07) is 6.61. The second-order valence-corrected chi connectivity index (χ2v) is 6.35. The third-order valence-electron chi connectivity index (χ3n) is 4.57. The number of aliphatic carboxylic acids is 1. The molecule has 0 radical (unpaired) electrons. The number of hydrogen-bond acceptors (Lipinski definition) is 3. The highest BCUT2D eigenvalue weighted by molar-refractivity contribution is 5.96. The Morgan fingerprint density at radius 3 is 2.26 bits per heavy atom. The van der Waals surface area contributed by atoms with Gasteiger partial charge in [-0.3, -0.25) is 14.4 Å². The van der Waals surface area contributed by atoms with Crippen molar-refractivity contribution in [1.29, 1.82) is 0 Å². The van der Waals surface area contributed by atoms with E-state index in [9.17, 15) is 19.5 Å². The molecule has 1 atom stereocenters. The summed E-state index contributed by atoms with van der Waals surface area (Å²) in [5, 5.41) is 12.2. The summed E-state index contributed by atoms with van der Waals surface area (Å²) in [7, 11) is 0. The number of rotatable bonds is 4. The average molecular weight is 318 g/mol. The minimum absolute atomic E-state index is 0.0417.